The number of hydrogen-bond donors (Lipinski definition) is 2. The number of halogens is 2. The summed E-state index contributed by atoms with van der Waals surface area (Å²) in [5, 5.41) is 13.2. The van der Waals surface area contributed by atoms with Crippen molar-refractivity contribution in [1.82, 2.24) is 18.7 Å². The quantitative estimate of drug-likeness (QED) is 0.598. The first-order chi connectivity index (χ1) is 14.7. The van der Waals surface area contributed by atoms with Crippen LogP contribution in [0.1, 0.15) is 24.8 Å². The molecule has 0 amide bonds. The highest BCUT2D eigenvalue weighted by atomic mass is 35.5. The Kier molecular flexibility index (Phi) is 5.57. The summed E-state index contributed by atoms with van der Waals surface area (Å²) in [6, 6.07) is 4.88. The van der Waals surface area contributed by atoms with Crippen LogP contribution in [0.5, 0.6) is 0 Å². The van der Waals surface area contributed by atoms with Crippen LogP contribution in [0.4, 0.5) is 5.95 Å². The van der Waals surface area contributed by atoms with Crippen molar-refractivity contribution in [3.63, 3.8) is 0 Å². The Balaban J connectivity index is 1.73. The number of aromatic nitrogens is 4. The third-order valence-electron chi connectivity index (χ3n) is 5.80. The topological polar surface area (TPSA) is 111 Å². The van der Waals surface area contributed by atoms with Gasteiger partial charge in [-0.3, -0.25) is 18.7 Å². The number of carboxylic acids is 1. The van der Waals surface area contributed by atoms with E-state index in [1.54, 1.807) is 36.9 Å². The highest BCUT2D eigenvalue weighted by molar-refractivity contribution is 6.42. The number of benzene rings is 1. The van der Waals surface area contributed by atoms with Crippen molar-refractivity contribution in [1.29, 1.82) is 0 Å². The highest BCUT2D eigenvalue weighted by Gasteiger charge is 2.30. The van der Waals surface area contributed by atoms with Gasteiger partial charge in [-0.15, -0.1) is 0 Å². The molecule has 164 valence electrons. The molecular formula is C20H21Cl2N5O4. The maximum Gasteiger partial charge on any atom is 0.332 e. The summed E-state index contributed by atoms with van der Waals surface area (Å²) in [6.07, 6.45) is 1.77. The van der Waals surface area contributed by atoms with Gasteiger partial charge in [-0.05, 0) is 37.0 Å². The number of fused-ring (bicyclic) bond motifs is 1. The minimum atomic E-state index is -0.804. The Labute approximate surface area is 186 Å². The lowest BCUT2D eigenvalue weighted by Crippen LogP contribution is -2.39. The van der Waals surface area contributed by atoms with Gasteiger partial charge in [0.05, 0.1) is 22.5 Å². The first-order valence-electron chi connectivity index (χ1n) is 9.77. The van der Waals surface area contributed by atoms with Gasteiger partial charge in [0.15, 0.2) is 11.2 Å². The van der Waals surface area contributed by atoms with E-state index in [2.05, 4.69) is 10.3 Å². The number of carbonyl (C=O) groups is 1. The van der Waals surface area contributed by atoms with Crippen molar-refractivity contribution in [3.8, 4) is 0 Å². The van der Waals surface area contributed by atoms with Gasteiger partial charge in [-0.1, -0.05) is 29.3 Å². The van der Waals surface area contributed by atoms with Crippen molar-refractivity contribution >= 4 is 46.3 Å². The van der Waals surface area contributed by atoms with Crippen molar-refractivity contribution in [3.05, 3.63) is 54.6 Å². The van der Waals surface area contributed by atoms with Crippen LogP contribution in [-0.2, 0) is 25.4 Å². The molecule has 1 unspecified atom stereocenters. The van der Waals surface area contributed by atoms with Gasteiger partial charge in [0, 0.05) is 20.1 Å². The minimum absolute atomic E-state index is 0.0369. The normalized spacial score (nSPS) is 18.6. The number of nitrogens with zero attached hydrogens (tertiary/aromatic N) is 4. The van der Waals surface area contributed by atoms with E-state index in [4.69, 9.17) is 23.2 Å². The average molecular weight is 466 g/mol. The summed E-state index contributed by atoms with van der Waals surface area (Å²) >= 11 is 12.0. The molecule has 1 fully saturated rings. The van der Waals surface area contributed by atoms with E-state index in [0.29, 0.717) is 40.8 Å². The fourth-order valence-electron chi connectivity index (χ4n) is 4.05. The summed E-state index contributed by atoms with van der Waals surface area (Å²) in [7, 11) is 3.25. The minimum Gasteiger partial charge on any atom is -0.481 e. The fourth-order valence-corrected chi connectivity index (χ4v) is 4.37. The Morgan fingerprint density at radius 2 is 1.94 bits per heavy atom. The molecule has 3 aromatic rings. The maximum absolute atomic E-state index is 13.2. The molecule has 0 radical (unpaired) electrons. The fraction of sp³-hybridized carbons (Fsp3) is 0.400. The van der Waals surface area contributed by atoms with Gasteiger partial charge >= 0.3 is 11.7 Å². The van der Waals surface area contributed by atoms with Crippen LogP contribution in [0.3, 0.4) is 0 Å². The zero-order valence-corrected chi connectivity index (χ0v) is 18.4. The molecule has 0 spiro atoms. The summed E-state index contributed by atoms with van der Waals surface area (Å²) in [4.78, 5) is 41.7. The largest absolute Gasteiger partial charge is 0.481 e. The maximum atomic E-state index is 13.2. The van der Waals surface area contributed by atoms with Crippen LogP contribution in [-0.4, -0.2) is 35.8 Å². The van der Waals surface area contributed by atoms with Gasteiger partial charge in [-0.25, -0.2) is 4.79 Å². The molecule has 4 rings (SSSR count). The van der Waals surface area contributed by atoms with Crippen LogP contribution in [0, 0.1) is 5.92 Å². The predicted molar refractivity (Wildman–Crippen MR) is 118 cm³/mol. The molecule has 1 aromatic carbocycles. The molecule has 2 N–H and O–H groups in total. The van der Waals surface area contributed by atoms with E-state index in [-0.39, 0.29) is 29.7 Å². The van der Waals surface area contributed by atoms with E-state index >= 15 is 0 Å². The third kappa shape index (κ3) is 3.83. The lowest BCUT2D eigenvalue weighted by molar-refractivity contribution is -0.141. The standard InChI is InChI=1S/C20H21Cl2N5O4/c1-25-15-16(24-19(25)23-12-5-4-11(8-12)18(29)30)26(2)20(31)27(17(15)28)9-10-3-6-13(21)14(22)7-10/h3,6-7,11-12H,4-5,8-9H2,1-2H3,(H,23,24)(H,29,30)/t11-,12?/m0/s1. The SMILES string of the molecule is Cn1c(NC2CC[C@H](C(=O)O)C2)nc2c1c(=O)n(Cc1ccc(Cl)c(Cl)c1)c(=O)n2C. The Morgan fingerprint density at radius 3 is 2.58 bits per heavy atom. The zero-order chi connectivity index (χ0) is 22.4. The molecule has 1 aliphatic rings. The highest BCUT2D eigenvalue weighted by Crippen LogP contribution is 2.28. The van der Waals surface area contributed by atoms with E-state index in [1.165, 1.54) is 4.57 Å². The molecule has 2 aromatic heterocycles. The van der Waals surface area contributed by atoms with Gasteiger partial charge in [0.25, 0.3) is 5.56 Å². The summed E-state index contributed by atoms with van der Waals surface area (Å²) < 4.78 is 4.06. The molecule has 2 heterocycles. The summed E-state index contributed by atoms with van der Waals surface area (Å²) in [5.74, 6) is -0.771. The van der Waals surface area contributed by atoms with Crippen molar-refractivity contribution < 1.29 is 9.90 Å². The Hall–Kier alpha value is -2.78. The van der Waals surface area contributed by atoms with E-state index < -0.39 is 17.2 Å². The predicted octanol–water partition coefficient (Wildman–Crippen LogP) is 2.45. The number of imidazole rings is 1. The zero-order valence-electron chi connectivity index (χ0n) is 16.9. The third-order valence-corrected chi connectivity index (χ3v) is 6.54. The summed E-state index contributed by atoms with van der Waals surface area (Å²) in [6.45, 7) is 0.0369. The molecule has 1 aliphatic carbocycles. The van der Waals surface area contributed by atoms with Crippen LogP contribution in [0.2, 0.25) is 10.0 Å². The molecule has 2 atom stereocenters. The number of rotatable bonds is 5. The van der Waals surface area contributed by atoms with Crippen LogP contribution in [0.15, 0.2) is 27.8 Å². The second kappa shape index (κ2) is 8.05. The molecule has 9 nitrogen and oxygen atoms in total. The molecule has 11 heteroatoms. The van der Waals surface area contributed by atoms with Crippen LogP contribution in [0.25, 0.3) is 11.2 Å². The Morgan fingerprint density at radius 1 is 1.19 bits per heavy atom. The number of hydrogen-bond acceptors (Lipinski definition) is 5. The number of aryl methyl sites for hydroxylation is 2. The molecule has 31 heavy (non-hydrogen) atoms. The van der Waals surface area contributed by atoms with Gasteiger partial charge < -0.3 is 15.0 Å². The van der Waals surface area contributed by atoms with Crippen molar-refractivity contribution in [2.75, 3.05) is 5.32 Å². The number of aliphatic carboxylic acids is 1. The van der Waals surface area contributed by atoms with Crippen LogP contribution < -0.4 is 16.6 Å². The first kappa shape index (κ1) is 21.5. The van der Waals surface area contributed by atoms with E-state index in [1.807, 2.05) is 0 Å². The smallest absolute Gasteiger partial charge is 0.332 e. The molecule has 0 aliphatic heterocycles. The first-order valence-corrected chi connectivity index (χ1v) is 10.5. The molecule has 1 saturated carbocycles. The Bertz CT molecular complexity index is 1310. The average Bonchev–Trinajstić information content (AvgIpc) is 3.32. The number of anilines is 1. The number of carboxylic acid groups (broad SMARTS) is 1. The molecular weight excluding hydrogens is 445 g/mol. The second-order valence-corrected chi connectivity index (χ2v) is 8.65. The number of nitrogens with one attached hydrogen (secondary N) is 1. The van der Waals surface area contributed by atoms with Gasteiger partial charge in [0.1, 0.15) is 0 Å². The van der Waals surface area contributed by atoms with Gasteiger partial charge in [-0.2, -0.15) is 4.98 Å². The summed E-state index contributed by atoms with van der Waals surface area (Å²) in [5.41, 5.74) is 0.233. The van der Waals surface area contributed by atoms with E-state index in [0.717, 1.165) is 4.57 Å². The van der Waals surface area contributed by atoms with Crippen molar-refractivity contribution in [2.45, 2.75) is 31.8 Å². The lowest BCUT2D eigenvalue weighted by Gasteiger charge is -2.13. The van der Waals surface area contributed by atoms with E-state index in [9.17, 15) is 19.5 Å². The molecule has 0 saturated heterocycles. The monoisotopic (exact) mass is 465 g/mol. The van der Waals surface area contributed by atoms with Crippen molar-refractivity contribution in [2.24, 2.45) is 20.0 Å². The van der Waals surface area contributed by atoms with Crippen LogP contribution >= 0.6 is 23.2 Å². The lowest BCUT2D eigenvalue weighted by atomic mass is 10.1. The second-order valence-electron chi connectivity index (χ2n) is 7.84. The molecule has 0 bridgehead atoms. The van der Waals surface area contributed by atoms with Gasteiger partial charge in [0.2, 0.25) is 5.95 Å².